The van der Waals surface area contributed by atoms with Crippen molar-refractivity contribution in [1.29, 1.82) is 0 Å². The highest BCUT2D eigenvalue weighted by Gasteiger charge is 2.04. The Kier molecular flexibility index (Phi) is 5.83. The van der Waals surface area contributed by atoms with Gasteiger partial charge in [-0.1, -0.05) is 0 Å². The molecule has 0 spiro atoms. The Balaban J connectivity index is 1.54. The summed E-state index contributed by atoms with van der Waals surface area (Å²) in [6.07, 6.45) is 6.26. The summed E-state index contributed by atoms with van der Waals surface area (Å²) < 4.78 is 16.7. The molecule has 0 amide bonds. The van der Waals surface area contributed by atoms with Gasteiger partial charge < -0.3 is 13.9 Å². The molecule has 2 heterocycles. The number of carbonyl (C=O) groups is 1. The average Bonchev–Trinajstić information content (AvgIpc) is 3.14. The van der Waals surface area contributed by atoms with Crippen molar-refractivity contribution in [3.05, 3.63) is 84.1 Å². The number of ether oxygens (including phenoxy) is 2. The molecule has 26 heavy (non-hydrogen) atoms. The molecule has 5 nitrogen and oxygen atoms in total. The van der Waals surface area contributed by atoms with Gasteiger partial charge in [-0.15, -0.1) is 0 Å². The molecule has 1 aromatic carbocycles. The summed E-state index contributed by atoms with van der Waals surface area (Å²) in [5.74, 6) is 2.68. The van der Waals surface area contributed by atoms with E-state index in [2.05, 4.69) is 4.98 Å². The zero-order chi connectivity index (χ0) is 18.2. The molecule has 0 bridgehead atoms. The minimum absolute atomic E-state index is 0.123. The minimum Gasteiger partial charge on any atom is -0.494 e. The topological polar surface area (TPSA) is 61.6 Å². The van der Waals surface area contributed by atoms with E-state index in [1.807, 2.05) is 37.3 Å². The zero-order valence-electron chi connectivity index (χ0n) is 14.4. The predicted molar refractivity (Wildman–Crippen MR) is 98.3 cm³/mol. The highest BCUT2D eigenvalue weighted by atomic mass is 16.5. The first kappa shape index (κ1) is 17.5. The van der Waals surface area contributed by atoms with Gasteiger partial charge in [-0.05, 0) is 67.6 Å². The Morgan fingerprint density at radius 3 is 2.54 bits per heavy atom. The Morgan fingerprint density at radius 1 is 1.08 bits per heavy atom. The Bertz CT molecular complexity index is 867. The predicted octanol–water partition coefficient (Wildman–Crippen LogP) is 4.55. The SMILES string of the molecule is CCOc1ccc(OCc2ccc(/C=C/C(=O)c3cccnc3)o2)cc1. The van der Waals surface area contributed by atoms with E-state index in [-0.39, 0.29) is 5.78 Å². The number of benzene rings is 1. The summed E-state index contributed by atoms with van der Waals surface area (Å²) in [4.78, 5) is 15.9. The van der Waals surface area contributed by atoms with Crippen LogP contribution >= 0.6 is 0 Å². The smallest absolute Gasteiger partial charge is 0.187 e. The number of hydrogen-bond acceptors (Lipinski definition) is 5. The molecule has 5 heteroatoms. The summed E-state index contributed by atoms with van der Waals surface area (Å²) in [6.45, 7) is 2.88. The van der Waals surface area contributed by atoms with Gasteiger partial charge in [0.15, 0.2) is 5.78 Å². The number of pyridine rings is 1. The van der Waals surface area contributed by atoms with E-state index < -0.39 is 0 Å². The molecule has 0 fully saturated rings. The van der Waals surface area contributed by atoms with Crippen LogP contribution in [0.5, 0.6) is 11.5 Å². The molecule has 0 aliphatic heterocycles. The van der Waals surface area contributed by atoms with Crippen molar-refractivity contribution in [3.63, 3.8) is 0 Å². The maximum atomic E-state index is 12.0. The van der Waals surface area contributed by atoms with Crippen LogP contribution in [0.2, 0.25) is 0 Å². The van der Waals surface area contributed by atoms with E-state index in [0.29, 0.717) is 30.3 Å². The summed E-state index contributed by atoms with van der Waals surface area (Å²) in [5.41, 5.74) is 0.536. The largest absolute Gasteiger partial charge is 0.494 e. The molecule has 0 saturated carbocycles. The second kappa shape index (κ2) is 8.67. The maximum absolute atomic E-state index is 12.0. The molecular weight excluding hydrogens is 330 g/mol. The lowest BCUT2D eigenvalue weighted by Gasteiger charge is -2.06. The first-order chi connectivity index (χ1) is 12.7. The Morgan fingerprint density at radius 2 is 1.85 bits per heavy atom. The summed E-state index contributed by atoms with van der Waals surface area (Å²) in [5, 5.41) is 0. The lowest BCUT2D eigenvalue weighted by molar-refractivity contribution is 0.104. The molecule has 0 saturated heterocycles. The van der Waals surface area contributed by atoms with Crippen molar-refractivity contribution in [2.45, 2.75) is 13.5 Å². The molecule has 0 atom stereocenters. The van der Waals surface area contributed by atoms with Crippen molar-refractivity contribution >= 4 is 11.9 Å². The van der Waals surface area contributed by atoms with Crippen LogP contribution in [0.15, 0.2) is 71.4 Å². The average molecular weight is 349 g/mol. The van der Waals surface area contributed by atoms with E-state index in [1.54, 1.807) is 30.5 Å². The number of nitrogens with zero attached hydrogens (tertiary/aromatic N) is 1. The van der Waals surface area contributed by atoms with E-state index in [0.717, 1.165) is 11.5 Å². The Labute approximate surface area is 151 Å². The highest BCUT2D eigenvalue weighted by Crippen LogP contribution is 2.19. The standard InChI is InChI=1S/C21H19NO4/c1-2-24-17-5-7-18(8-6-17)25-15-20-10-9-19(26-20)11-12-21(23)16-4-3-13-22-14-16/h3-14H,2,15H2,1H3/b12-11+. The van der Waals surface area contributed by atoms with E-state index in [9.17, 15) is 4.79 Å². The van der Waals surface area contributed by atoms with Crippen LogP contribution < -0.4 is 9.47 Å². The maximum Gasteiger partial charge on any atom is 0.187 e. The summed E-state index contributed by atoms with van der Waals surface area (Å²) >= 11 is 0. The number of rotatable bonds is 8. The molecule has 0 radical (unpaired) electrons. The van der Waals surface area contributed by atoms with Crippen LogP contribution in [0, 0.1) is 0 Å². The van der Waals surface area contributed by atoms with E-state index in [1.165, 1.54) is 12.3 Å². The number of carbonyl (C=O) groups excluding carboxylic acids is 1. The van der Waals surface area contributed by atoms with Gasteiger partial charge in [0, 0.05) is 18.0 Å². The third kappa shape index (κ3) is 4.83. The van der Waals surface area contributed by atoms with Crippen LogP contribution in [-0.2, 0) is 6.61 Å². The normalized spacial score (nSPS) is 10.8. The third-order valence-electron chi connectivity index (χ3n) is 3.54. The molecule has 3 aromatic rings. The number of allylic oxidation sites excluding steroid dienone is 1. The molecule has 3 rings (SSSR count). The van der Waals surface area contributed by atoms with Crippen LogP contribution in [0.25, 0.3) is 6.08 Å². The van der Waals surface area contributed by atoms with E-state index in [4.69, 9.17) is 13.9 Å². The lowest BCUT2D eigenvalue weighted by atomic mass is 10.2. The van der Waals surface area contributed by atoms with Crippen molar-refractivity contribution < 1.29 is 18.7 Å². The monoisotopic (exact) mass is 349 g/mol. The van der Waals surface area contributed by atoms with Gasteiger partial charge in [0.1, 0.15) is 29.6 Å². The number of hydrogen-bond donors (Lipinski definition) is 0. The van der Waals surface area contributed by atoms with Gasteiger partial charge in [-0.25, -0.2) is 0 Å². The van der Waals surface area contributed by atoms with Crippen molar-refractivity contribution in [3.8, 4) is 11.5 Å². The van der Waals surface area contributed by atoms with Crippen molar-refractivity contribution in [2.24, 2.45) is 0 Å². The van der Waals surface area contributed by atoms with Gasteiger partial charge in [-0.3, -0.25) is 9.78 Å². The summed E-state index contributed by atoms with van der Waals surface area (Å²) in [7, 11) is 0. The van der Waals surface area contributed by atoms with Gasteiger partial charge in [-0.2, -0.15) is 0 Å². The van der Waals surface area contributed by atoms with Gasteiger partial charge >= 0.3 is 0 Å². The molecule has 0 aliphatic rings. The highest BCUT2D eigenvalue weighted by molar-refractivity contribution is 6.06. The van der Waals surface area contributed by atoms with Crippen LogP contribution in [-0.4, -0.2) is 17.4 Å². The van der Waals surface area contributed by atoms with Gasteiger partial charge in [0.05, 0.1) is 6.61 Å². The lowest BCUT2D eigenvalue weighted by Crippen LogP contribution is -1.95. The van der Waals surface area contributed by atoms with Crippen LogP contribution in [0.1, 0.15) is 28.8 Å². The molecular formula is C21H19NO4. The van der Waals surface area contributed by atoms with Gasteiger partial charge in [0.25, 0.3) is 0 Å². The number of aromatic nitrogens is 1. The number of ketones is 1. The second-order valence-electron chi connectivity index (χ2n) is 5.44. The quantitative estimate of drug-likeness (QED) is 0.441. The fraction of sp³-hybridized carbons (Fsp3) is 0.143. The summed E-state index contributed by atoms with van der Waals surface area (Å²) in [6, 6.07) is 14.5. The molecule has 0 unspecified atom stereocenters. The van der Waals surface area contributed by atoms with Gasteiger partial charge in [0.2, 0.25) is 0 Å². The fourth-order valence-electron chi connectivity index (χ4n) is 2.28. The first-order valence-corrected chi connectivity index (χ1v) is 8.31. The zero-order valence-corrected chi connectivity index (χ0v) is 14.4. The fourth-order valence-corrected chi connectivity index (χ4v) is 2.28. The number of furan rings is 1. The molecule has 132 valence electrons. The minimum atomic E-state index is -0.123. The molecule has 0 aliphatic carbocycles. The van der Waals surface area contributed by atoms with Crippen LogP contribution in [0.4, 0.5) is 0 Å². The third-order valence-corrected chi connectivity index (χ3v) is 3.54. The molecule has 0 N–H and O–H groups in total. The van der Waals surface area contributed by atoms with Crippen molar-refractivity contribution in [1.82, 2.24) is 4.98 Å². The van der Waals surface area contributed by atoms with Crippen molar-refractivity contribution in [2.75, 3.05) is 6.61 Å². The van der Waals surface area contributed by atoms with E-state index >= 15 is 0 Å². The second-order valence-corrected chi connectivity index (χ2v) is 5.44. The molecule has 2 aromatic heterocycles. The Hall–Kier alpha value is -3.34. The van der Waals surface area contributed by atoms with Crippen LogP contribution in [0.3, 0.4) is 0 Å². The first-order valence-electron chi connectivity index (χ1n) is 8.31.